The lowest BCUT2D eigenvalue weighted by atomic mass is 10.2. The van der Waals surface area contributed by atoms with Gasteiger partial charge in [0.15, 0.2) is 0 Å². The molecule has 0 bridgehead atoms. The maximum absolute atomic E-state index is 5.55. The van der Waals surface area contributed by atoms with Crippen molar-refractivity contribution < 1.29 is 0 Å². The van der Waals surface area contributed by atoms with Crippen molar-refractivity contribution in [2.45, 2.75) is 18.9 Å². The smallest absolute Gasteiger partial charge is 0.0759 e. The number of terminal acetylenes is 1. The Balaban J connectivity index is 2.80. The first-order valence-corrected chi connectivity index (χ1v) is 7.05. The highest BCUT2D eigenvalue weighted by molar-refractivity contribution is 8.12. The lowest BCUT2D eigenvalue weighted by molar-refractivity contribution is 0.417. The summed E-state index contributed by atoms with van der Waals surface area (Å²) in [5.74, 6) is 2.79. The van der Waals surface area contributed by atoms with Crippen LogP contribution in [-0.2, 0) is 11.8 Å². The summed E-state index contributed by atoms with van der Waals surface area (Å²) in [6.45, 7) is 0. The molecule has 12 heavy (non-hydrogen) atoms. The van der Waals surface area contributed by atoms with Crippen LogP contribution < -0.4 is 5.09 Å². The Bertz CT molecular complexity index is 246. The Labute approximate surface area is 79.8 Å². The fourth-order valence-corrected chi connectivity index (χ4v) is 4.36. The van der Waals surface area contributed by atoms with Gasteiger partial charge >= 0.3 is 0 Å². The first-order chi connectivity index (χ1) is 5.64. The molecule has 0 amide bonds. The van der Waals surface area contributed by atoms with Gasteiger partial charge in [0.1, 0.15) is 0 Å². The molecule has 0 saturated carbocycles. The van der Waals surface area contributed by atoms with E-state index in [1.165, 1.54) is 0 Å². The van der Waals surface area contributed by atoms with Gasteiger partial charge in [-0.3, -0.25) is 9.76 Å². The highest BCUT2D eigenvalue weighted by Gasteiger charge is 2.30. The minimum Gasteiger partial charge on any atom is -0.280 e. The second kappa shape index (κ2) is 3.89. The van der Waals surface area contributed by atoms with E-state index in [1.54, 1.807) is 0 Å². The standard InChI is InChI=1S/C8H15N2PS/c1-4-8-6-5-7-11(12,9-2)10(8)3/h1,8H,5-7H2,2-3H3,(H,9,12). The molecule has 2 atom stereocenters. The predicted molar refractivity (Wildman–Crippen MR) is 57.8 cm³/mol. The van der Waals surface area contributed by atoms with E-state index in [0.717, 1.165) is 19.0 Å². The number of hydrogen-bond acceptors (Lipinski definition) is 1. The van der Waals surface area contributed by atoms with E-state index in [-0.39, 0.29) is 6.04 Å². The van der Waals surface area contributed by atoms with Crippen LogP contribution in [0.5, 0.6) is 0 Å². The summed E-state index contributed by atoms with van der Waals surface area (Å²) < 4.78 is 2.19. The lowest BCUT2D eigenvalue weighted by Crippen LogP contribution is -2.36. The van der Waals surface area contributed by atoms with Crippen LogP contribution in [0.1, 0.15) is 12.8 Å². The van der Waals surface area contributed by atoms with Gasteiger partial charge in [-0.05, 0) is 26.9 Å². The van der Waals surface area contributed by atoms with Gasteiger partial charge in [0.05, 0.1) is 12.4 Å². The summed E-state index contributed by atoms with van der Waals surface area (Å²) in [5, 5.41) is 3.25. The third-order valence-corrected chi connectivity index (χ3v) is 7.23. The topological polar surface area (TPSA) is 15.3 Å². The van der Waals surface area contributed by atoms with E-state index in [2.05, 4.69) is 15.7 Å². The third kappa shape index (κ3) is 1.72. The fourth-order valence-electron chi connectivity index (χ4n) is 1.53. The first-order valence-electron chi connectivity index (χ1n) is 4.11. The molecule has 0 aliphatic carbocycles. The molecular weight excluding hydrogens is 187 g/mol. The van der Waals surface area contributed by atoms with Gasteiger partial charge in [-0.1, -0.05) is 17.7 Å². The van der Waals surface area contributed by atoms with E-state index in [9.17, 15) is 0 Å². The van der Waals surface area contributed by atoms with Crippen molar-refractivity contribution in [2.24, 2.45) is 0 Å². The molecule has 1 heterocycles. The minimum atomic E-state index is -1.48. The van der Waals surface area contributed by atoms with E-state index in [0.29, 0.717) is 0 Å². The van der Waals surface area contributed by atoms with Crippen molar-refractivity contribution in [1.82, 2.24) is 9.76 Å². The number of nitrogens with one attached hydrogen (secondary N) is 1. The van der Waals surface area contributed by atoms with Gasteiger partial charge in [-0.25, -0.2) is 0 Å². The Hall–Kier alpha value is 0.130. The van der Waals surface area contributed by atoms with E-state index < -0.39 is 6.34 Å². The Morgan fingerprint density at radius 1 is 1.75 bits per heavy atom. The van der Waals surface area contributed by atoms with Gasteiger partial charge in [0.2, 0.25) is 0 Å². The zero-order chi connectivity index (χ0) is 9.19. The molecule has 1 N–H and O–H groups in total. The van der Waals surface area contributed by atoms with Gasteiger partial charge in [-0.2, -0.15) is 0 Å². The molecule has 0 aromatic heterocycles. The van der Waals surface area contributed by atoms with Crippen LogP contribution in [0.3, 0.4) is 0 Å². The third-order valence-electron chi connectivity index (χ3n) is 2.44. The number of hydrogen-bond donors (Lipinski definition) is 1. The monoisotopic (exact) mass is 202 g/mol. The molecule has 1 aliphatic heterocycles. The lowest BCUT2D eigenvalue weighted by Gasteiger charge is -2.39. The zero-order valence-corrected chi connectivity index (χ0v) is 9.29. The van der Waals surface area contributed by atoms with Crippen LogP contribution in [0.4, 0.5) is 0 Å². The van der Waals surface area contributed by atoms with Crippen LogP contribution in [0, 0.1) is 12.3 Å². The highest BCUT2D eigenvalue weighted by atomic mass is 32.4. The van der Waals surface area contributed by atoms with Crippen molar-refractivity contribution in [3.05, 3.63) is 0 Å². The molecule has 1 rings (SSSR count). The maximum atomic E-state index is 5.55. The van der Waals surface area contributed by atoms with Crippen molar-refractivity contribution in [3.63, 3.8) is 0 Å². The maximum Gasteiger partial charge on any atom is 0.0759 e. The Morgan fingerprint density at radius 3 is 2.92 bits per heavy atom. The first kappa shape index (κ1) is 10.2. The summed E-state index contributed by atoms with van der Waals surface area (Å²) in [5.41, 5.74) is 0. The molecule has 0 aromatic carbocycles. The summed E-state index contributed by atoms with van der Waals surface area (Å²) in [6.07, 6.45) is 7.30. The van der Waals surface area contributed by atoms with Gasteiger partial charge < -0.3 is 0 Å². The van der Waals surface area contributed by atoms with Crippen molar-refractivity contribution in [3.8, 4) is 12.3 Å². The van der Waals surface area contributed by atoms with Gasteiger partial charge in [0, 0.05) is 6.16 Å². The SMILES string of the molecule is C#CC1CCCP(=S)(NC)N1C. The number of nitrogens with zero attached hydrogens (tertiary/aromatic N) is 1. The summed E-state index contributed by atoms with van der Waals surface area (Å²) >= 11 is 5.55. The molecule has 0 radical (unpaired) electrons. The Morgan fingerprint density at radius 2 is 2.42 bits per heavy atom. The van der Waals surface area contributed by atoms with Crippen molar-refractivity contribution in [2.75, 3.05) is 20.3 Å². The van der Waals surface area contributed by atoms with Crippen molar-refractivity contribution >= 4 is 18.1 Å². The normalized spacial score (nSPS) is 37.6. The van der Waals surface area contributed by atoms with Crippen LogP contribution in [0.25, 0.3) is 0 Å². The molecule has 0 aromatic rings. The van der Waals surface area contributed by atoms with Gasteiger partial charge in [-0.15, -0.1) is 6.42 Å². The summed E-state index contributed by atoms with van der Waals surface area (Å²) in [6, 6.07) is 0.247. The molecule has 1 saturated heterocycles. The second-order valence-corrected chi connectivity index (χ2v) is 7.79. The summed E-state index contributed by atoms with van der Waals surface area (Å²) in [7, 11) is 3.98. The summed E-state index contributed by atoms with van der Waals surface area (Å²) in [4.78, 5) is 0. The van der Waals surface area contributed by atoms with Crippen LogP contribution in [0.2, 0.25) is 0 Å². The van der Waals surface area contributed by atoms with Crippen LogP contribution >= 0.6 is 6.34 Å². The highest BCUT2D eigenvalue weighted by Crippen LogP contribution is 2.49. The average Bonchev–Trinajstić information content (AvgIpc) is 2.10. The molecule has 2 nitrogen and oxygen atoms in total. The molecule has 2 unspecified atom stereocenters. The van der Waals surface area contributed by atoms with Crippen LogP contribution in [0.15, 0.2) is 0 Å². The molecular formula is C8H15N2PS. The molecule has 1 fully saturated rings. The molecule has 68 valence electrons. The largest absolute Gasteiger partial charge is 0.280 e. The van der Waals surface area contributed by atoms with E-state index in [1.807, 2.05) is 14.1 Å². The predicted octanol–water partition coefficient (Wildman–Crippen LogP) is 1.24. The quantitative estimate of drug-likeness (QED) is 0.509. The zero-order valence-electron chi connectivity index (χ0n) is 7.58. The van der Waals surface area contributed by atoms with Crippen molar-refractivity contribution in [1.29, 1.82) is 0 Å². The van der Waals surface area contributed by atoms with E-state index >= 15 is 0 Å². The fraction of sp³-hybridized carbons (Fsp3) is 0.750. The number of rotatable bonds is 1. The van der Waals surface area contributed by atoms with Crippen LogP contribution in [-0.4, -0.2) is 31.0 Å². The van der Waals surface area contributed by atoms with Gasteiger partial charge in [0.25, 0.3) is 0 Å². The minimum absolute atomic E-state index is 0.247. The second-order valence-electron chi connectivity index (χ2n) is 3.05. The average molecular weight is 202 g/mol. The van der Waals surface area contributed by atoms with E-state index in [4.69, 9.17) is 18.2 Å². The molecule has 0 spiro atoms. The molecule has 1 aliphatic rings. The molecule has 4 heteroatoms. The Kier molecular flexibility index (Phi) is 3.31.